The van der Waals surface area contributed by atoms with Crippen molar-refractivity contribution >= 4 is 16.8 Å². The minimum absolute atomic E-state index is 0.168. The maximum absolute atomic E-state index is 12.1. The van der Waals surface area contributed by atoms with Crippen LogP contribution in [0.15, 0.2) is 35.3 Å². The Labute approximate surface area is 143 Å². The molecule has 0 aliphatic carbocycles. The highest BCUT2D eigenvalue weighted by Gasteiger charge is 2.18. The van der Waals surface area contributed by atoms with Gasteiger partial charge in [-0.25, -0.2) is 0 Å². The van der Waals surface area contributed by atoms with Crippen molar-refractivity contribution < 1.29 is 4.21 Å². The Morgan fingerprint density at radius 3 is 2.43 bits per heavy atom. The molecule has 0 heterocycles. The second-order valence-electron chi connectivity index (χ2n) is 6.62. The quantitative estimate of drug-likeness (QED) is 0.594. The van der Waals surface area contributed by atoms with Crippen molar-refractivity contribution in [3.63, 3.8) is 0 Å². The molecular formula is C18H31N3OS. The van der Waals surface area contributed by atoms with Crippen LogP contribution in [0.2, 0.25) is 0 Å². The summed E-state index contributed by atoms with van der Waals surface area (Å²) in [6.45, 7) is 12.4. The number of nitrogens with zero attached hydrogens (tertiary/aromatic N) is 1. The molecule has 0 saturated heterocycles. The van der Waals surface area contributed by atoms with Gasteiger partial charge in [-0.05, 0) is 33.3 Å². The molecule has 4 nitrogen and oxygen atoms in total. The lowest BCUT2D eigenvalue weighted by Crippen LogP contribution is -2.40. The van der Waals surface area contributed by atoms with Crippen molar-refractivity contribution in [2.45, 2.75) is 45.3 Å². The molecular weight excluding hydrogens is 306 g/mol. The van der Waals surface area contributed by atoms with Crippen LogP contribution in [0.25, 0.3) is 0 Å². The van der Waals surface area contributed by atoms with Crippen LogP contribution >= 0.6 is 0 Å². The molecule has 2 unspecified atom stereocenters. The van der Waals surface area contributed by atoms with Crippen molar-refractivity contribution in [3.05, 3.63) is 35.9 Å². The minimum atomic E-state index is -0.845. The maximum atomic E-state index is 12.1. The van der Waals surface area contributed by atoms with Gasteiger partial charge in [0.2, 0.25) is 0 Å². The maximum Gasteiger partial charge on any atom is 0.191 e. The van der Waals surface area contributed by atoms with Crippen LogP contribution in [0.4, 0.5) is 0 Å². The van der Waals surface area contributed by atoms with Gasteiger partial charge >= 0.3 is 0 Å². The molecule has 0 aliphatic heterocycles. The number of rotatable bonds is 7. The van der Waals surface area contributed by atoms with Crippen molar-refractivity contribution in [1.82, 2.24) is 10.6 Å². The van der Waals surface area contributed by atoms with Crippen molar-refractivity contribution in [2.24, 2.45) is 4.99 Å². The largest absolute Gasteiger partial charge is 0.357 e. The molecule has 1 aromatic carbocycles. The third kappa shape index (κ3) is 7.64. The van der Waals surface area contributed by atoms with E-state index < -0.39 is 10.8 Å². The third-order valence-electron chi connectivity index (χ3n) is 3.50. The molecule has 0 radical (unpaired) electrons. The summed E-state index contributed by atoms with van der Waals surface area (Å²) in [6, 6.07) is 10.4. The SMILES string of the molecule is CCNC(=NCC(C)c1ccccc1)NCCS(=O)C(C)(C)C. The molecule has 5 heteroatoms. The molecule has 0 fully saturated rings. The third-order valence-corrected chi connectivity index (χ3v) is 5.44. The molecule has 0 spiro atoms. The molecule has 130 valence electrons. The van der Waals surface area contributed by atoms with Crippen LogP contribution < -0.4 is 10.6 Å². The zero-order valence-electron chi connectivity index (χ0n) is 15.1. The molecule has 0 saturated carbocycles. The Morgan fingerprint density at radius 1 is 1.22 bits per heavy atom. The van der Waals surface area contributed by atoms with Crippen LogP contribution in [0.5, 0.6) is 0 Å². The monoisotopic (exact) mass is 337 g/mol. The van der Waals surface area contributed by atoms with Gasteiger partial charge < -0.3 is 10.6 Å². The molecule has 0 aromatic heterocycles. The summed E-state index contributed by atoms with van der Waals surface area (Å²) in [5, 5.41) is 6.52. The van der Waals surface area contributed by atoms with Crippen LogP contribution in [0.1, 0.15) is 46.1 Å². The molecule has 1 aromatic rings. The van der Waals surface area contributed by atoms with E-state index in [1.54, 1.807) is 0 Å². The summed E-state index contributed by atoms with van der Waals surface area (Å²) in [5.74, 6) is 1.79. The summed E-state index contributed by atoms with van der Waals surface area (Å²) >= 11 is 0. The molecule has 0 amide bonds. The summed E-state index contributed by atoms with van der Waals surface area (Å²) < 4.78 is 11.9. The van der Waals surface area contributed by atoms with E-state index in [2.05, 4.69) is 46.8 Å². The standard InChI is InChI=1S/C18H31N3OS/c1-6-19-17(20-12-13-23(22)18(3,4)5)21-14-15(2)16-10-8-7-9-11-16/h7-11,15H,6,12-14H2,1-5H3,(H2,19,20,21). The second kappa shape index (κ2) is 9.71. The second-order valence-corrected chi connectivity index (χ2v) is 8.94. The van der Waals surface area contributed by atoms with Crippen LogP contribution in [-0.2, 0) is 10.8 Å². The lowest BCUT2D eigenvalue weighted by Gasteiger charge is -2.18. The first-order valence-corrected chi connectivity index (χ1v) is 9.62. The fourth-order valence-corrected chi connectivity index (χ4v) is 2.93. The molecule has 0 bridgehead atoms. The van der Waals surface area contributed by atoms with Gasteiger partial charge in [0.25, 0.3) is 0 Å². The lowest BCUT2D eigenvalue weighted by atomic mass is 10.0. The van der Waals surface area contributed by atoms with Crippen LogP contribution in [0.3, 0.4) is 0 Å². The smallest absolute Gasteiger partial charge is 0.191 e. The highest BCUT2D eigenvalue weighted by Crippen LogP contribution is 2.14. The average Bonchev–Trinajstić information content (AvgIpc) is 2.52. The van der Waals surface area contributed by atoms with E-state index in [4.69, 9.17) is 0 Å². The Morgan fingerprint density at radius 2 is 1.87 bits per heavy atom. The summed E-state index contributed by atoms with van der Waals surface area (Å²) in [7, 11) is -0.845. The number of hydrogen-bond acceptors (Lipinski definition) is 2. The Kier molecular flexibility index (Phi) is 8.31. The summed E-state index contributed by atoms with van der Waals surface area (Å²) in [6.07, 6.45) is 0. The van der Waals surface area contributed by atoms with Gasteiger partial charge in [0.1, 0.15) is 0 Å². The number of guanidine groups is 1. The van der Waals surface area contributed by atoms with Gasteiger partial charge in [-0.3, -0.25) is 9.20 Å². The Bertz CT molecular complexity index is 509. The highest BCUT2D eigenvalue weighted by molar-refractivity contribution is 7.86. The van der Waals surface area contributed by atoms with Gasteiger partial charge in [-0.2, -0.15) is 0 Å². The first kappa shape index (κ1) is 19.7. The van der Waals surface area contributed by atoms with Gasteiger partial charge in [0.05, 0.1) is 0 Å². The minimum Gasteiger partial charge on any atom is -0.357 e. The topological polar surface area (TPSA) is 53.5 Å². The number of hydrogen-bond donors (Lipinski definition) is 2. The van der Waals surface area contributed by atoms with Crippen molar-refractivity contribution in [1.29, 1.82) is 0 Å². The van der Waals surface area contributed by atoms with Crippen molar-refractivity contribution in [2.75, 3.05) is 25.4 Å². The zero-order valence-corrected chi connectivity index (χ0v) is 15.9. The van der Waals surface area contributed by atoms with Crippen LogP contribution in [0, 0.1) is 0 Å². The first-order valence-electron chi connectivity index (χ1n) is 8.30. The molecule has 2 N–H and O–H groups in total. The van der Waals surface area contributed by atoms with E-state index in [0.29, 0.717) is 18.2 Å². The summed E-state index contributed by atoms with van der Waals surface area (Å²) in [4.78, 5) is 4.64. The Balaban J connectivity index is 2.52. The predicted molar refractivity (Wildman–Crippen MR) is 102 cm³/mol. The van der Waals surface area contributed by atoms with Gasteiger partial charge in [-0.1, -0.05) is 37.3 Å². The van der Waals surface area contributed by atoms with E-state index in [-0.39, 0.29) is 4.75 Å². The fourth-order valence-electron chi connectivity index (χ4n) is 2.03. The fraction of sp³-hybridized carbons (Fsp3) is 0.611. The number of aliphatic imine (C=N–C) groups is 1. The number of benzene rings is 1. The van der Waals surface area contributed by atoms with Crippen molar-refractivity contribution in [3.8, 4) is 0 Å². The van der Waals surface area contributed by atoms with E-state index >= 15 is 0 Å². The molecule has 0 aliphatic rings. The molecule has 2 atom stereocenters. The first-order chi connectivity index (χ1) is 10.8. The van der Waals surface area contributed by atoms with Crippen LogP contribution in [-0.4, -0.2) is 40.3 Å². The highest BCUT2D eigenvalue weighted by atomic mass is 32.2. The zero-order chi connectivity index (χ0) is 17.3. The van der Waals surface area contributed by atoms with E-state index in [9.17, 15) is 4.21 Å². The predicted octanol–water partition coefficient (Wildman–Crippen LogP) is 2.89. The lowest BCUT2D eigenvalue weighted by molar-refractivity contribution is 0.647. The summed E-state index contributed by atoms with van der Waals surface area (Å²) in [5.41, 5.74) is 1.29. The molecule has 1 rings (SSSR count). The van der Waals surface area contributed by atoms with E-state index in [1.807, 2.05) is 33.8 Å². The van der Waals surface area contributed by atoms with Gasteiger partial charge in [0.15, 0.2) is 5.96 Å². The average molecular weight is 338 g/mol. The van der Waals surface area contributed by atoms with Gasteiger partial charge in [-0.15, -0.1) is 0 Å². The number of nitrogens with one attached hydrogen (secondary N) is 2. The van der Waals surface area contributed by atoms with E-state index in [0.717, 1.165) is 19.0 Å². The molecule has 23 heavy (non-hydrogen) atoms. The van der Waals surface area contributed by atoms with Gasteiger partial charge in [0, 0.05) is 46.9 Å². The normalized spacial score (nSPS) is 15.1. The Hall–Kier alpha value is -1.36. The van der Waals surface area contributed by atoms with E-state index in [1.165, 1.54) is 5.56 Å².